The molecule has 3 rings (SSSR count). The predicted octanol–water partition coefficient (Wildman–Crippen LogP) is 1.61. The fourth-order valence-corrected chi connectivity index (χ4v) is 3.15. The fourth-order valence-electron chi connectivity index (χ4n) is 3.15. The van der Waals surface area contributed by atoms with E-state index >= 15 is 0 Å². The average Bonchev–Trinajstić information content (AvgIpc) is 3.21. The average molecular weight is 290 g/mol. The molecule has 1 aliphatic heterocycles. The Balaban J connectivity index is 1.70. The Labute approximate surface area is 126 Å². The highest BCUT2D eigenvalue weighted by molar-refractivity contribution is 5.80. The zero-order chi connectivity index (χ0) is 14.7. The first-order chi connectivity index (χ1) is 10.2. The summed E-state index contributed by atoms with van der Waals surface area (Å²) in [6.07, 6.45) is 7.77. The number of nitrogens with one attached hydrogen (secondary N) is 1. The second-order valence-electron chi connectivity index (χ2n) is 6.18. The topological polar surface area (TPSA) is 58.3 Å². The number of nitrogens with zero attached hydrogens (tertiary/aromatic N) is 5. The van der Waals surface area contributed by atoms with Gasteiger partial charge in [-0.3, -0.25) is 0 Å². The van der Waals surface area contributed by atoms with Gasteiger partial charge in [0.05, 0.1) is 0 Å². The van der Waals surface area contributed by atoms with Crippen molar-refractivity contribution in [1.29, 1.82) is 0 Å². The van der Waals surface area contributed by atoms with E-state index in [9.17, 15) is 0 Å². The van der Waals surface area contributed by atoms with Crippen LogP contribution in [0.5, 0.6) is 0 Å². The van der Waals surface area contributed by atoms with E-state index in [-0.39, 0.29) is 0 Å². The van der Waals surface area contributed by atoms with Crippen LogP contribution >= 0.6 is 0 Å². The maximum Gasteiger partial charge on any atom is 0.194 e. The number of aryl methyl sites for hydroxylation is 1. The third-order valence-corrected chi connectivity index (χ3v) is 4.65. The molecule has 1 aromatic heterocycles. The molecule has 0 radical (unpaired) electrons. The van der Waals surface area contributed by atoms with Crippen molar-refractivity contribution in [3.63, 3.8) is 0 Å². The molecule has 2 aliphatic rings. The zero-order valence-electron chi connectivity index (χ0n) is 13.2. The van der Waals surface area contributed by atoms with E-state index in [1.165, 1.54) is 38.5 Å². The first-order valence-corrected chi connectivity index (χ1v) is 8.15. The molecule has 1 saturated carbocycles. The highest BCUT2D eigenvalue weighted by Gasteiger charge is 2.21. The maximum atomic E-state index is 4.82. The van der Waals surface area contributed by atoms with E-state index in [2.05, 4.69) is 20.4 Å². The normalized spacial score (nSPS) is 20.5. The van der Waals surface area contributed by atoms with Crippen molar-refractivity contribution >= 4 is 5.96 Å². The molecular weight excluding hydrogens is 264 g/mol. The van der Waals surface area contributed by atoms with Gasteiger partial charge in [-0.25, -0.2) is 4.99 Å². The minimum Gasteiger partial charge on any atom is -0.353 e. The van der Waals surface area contributed by atoms with Gasteiger partial charge in [0.1, 0.15) is 12.4 Å². The molecular formula is C15H26N6. The summed E-state index contributed by atoms with van der Waals surface area (Å²) >= 11 is 0. The van der Waals surface area contributed by atoms with E-state index in [0.29, 0.717) is 12.6 Å². The molecule has 6 nitrogen and oxygen atoms in total. The van der Waals surface area contributed by atoms with Crippen LogP contribution in [0.1, 0.15) is 50.2 Å². The van der Waals surface area contributed by atoms with Gasteiger partial charge in [0, 0.05) is 26.2 Å². The predicted molar refractivity (Wildman–Crippen MR) is 83.1 cm³/mol. The van der Waals surface area contributed by atoms with Crippen LogP contribution in [0.25, 0.3) is 0 Å². The summed E-state index contributed by atoms with van der Waals surface area (Å²) in [7, 11) is 2.00. The van der Waals surface area contributed by atoms with Crippen molar-refractivity contribution < 1.29 is 0 Å². The molecule has 1 N–H and O–H groups in total. The highest BCUT2D eigenvalue weighted by atomic mass is 15.3. The van der Waals surface area contributed by atoms with Crippen molar-refractivity contribution in [1.82, 2.24) is 25.0 Å². The van der Waals surface area contributed by atoms with Crippen LogP contribution in [0.15, 0.2) is 4.99 Å². The van der Waals surface area contributed by atoms with Gasteiger partial charge in [-0.1, -0.05) is 12.8 Å². The van der Waals surface area contributed by atoms with Gasteiger partial charge in [-0.05, 0) is 32.6 Å². The van der Waals surface area contributed by atoms with Gasteiger partial charge < -0.3 is 14.8 Å². The second-order valence-corrected chi connectivity index (χ2v) is 6.18. The summed E-state index contributed by atoms with van der Waals surface area (Å²) in [5.41, 5.74) is 0. The lowest BCUT2D eigenvalue weighted by Gasteiger charge is -2.24. The van der Waals surface area contributed by atoms with Crippen LogP contribution in [0, 0.1) is 6.92 Å². The maximum absolute atomic E-state index is 4.82. The van der Waals surface area contributed by atoms with Crippen molar-refractivity contribution in [2.24, 2.45) is 12.0 Å². The molecule has 0 amide bonds. The third kappa shape index (κ3) is 3.36. The number of hydrogen-bond acceptors (Lipinski definition) is 3. The minimum absolute atomic E-state index is 0.600. The van der Waals surface area contributed by atoms with E-state index < -0.39 is 0 Å². The summed E-state index contributed by atoms with van der Waals surface area (Å²) in [5, 5.41) is 12.0. The fraction of sp³-hybridized carbons (Fsp3) is 0.800. The SMILES string of the molecule is Cc1nnc(CN=C(NC2CCCC2)N2CCCC2)n1C. The Kier molecular flexibility index (Phi) is 4.41. The van der Waals surface area contributed by atoms with Gasteiger partial charge >= 0.3 is 0 Å². The molecule has 1 saturated heterocycles. The standard InChI is InChI=1S/C15H26N6/c1-12-18-19-14(20(12)2)11-16-15(21-9-5-6-10-21)17-13-7-3-4-8-13/h13H,3-11H2,1-2H3,(H,16,17). The minimum atomic E-state index is 0.600. The molecule has 21 heavy (non-hydrogen) atoms. The molecule has 0 aromatic carbocycles. The molecule has 0 unspecified atom stereocenters. The van der Waals surface area contributed by atoms with Gasteiger partial charge in [0.2, 0.25) is 0 Å². The third-order valence-electron chi connectivity index (χ3n) is 4.65. The molecule has 1 aromatic rings. The van der Waals surface area contributed by atoms with Crippen molar-refractivity contribution in [2.75, 3.05) is 13.1 Å². The number of aliphatic imine (C=N–C) groups is 1. The lowest BCUT2D eigenvalue weighted by molar-refractivity contribution is 0.470. The molecule has 1 aliphatic carbocycles. The Morgan fingerprint density at radius 3 is 2.52 bits per heavy atom. The van der Waals surface area contributed by atoms with E-state index in [1.807, 2.05) is 18.5 Å². The number of likely N-dealkylation sites (tertiary alicyclic amines) is 1. The van der Waals surface area contributed by atoms with Crippen LogP contribution < -0.4 is 5.32 Å². The molecule has 0 spiro atoms. The van der Waals surface area contributed by atoms with E-state index in [0.717, 1.165) is 30.7 Å². The summed E-state index contributed by atoms with van der Waals surface area (Å²) in [4.78, 5) is 7.21. The zero-order valence-corrected chi connectivity index (χ0v) is 13.2. The van der Waals surface area contributed by atoms with Gasteiger partial charge in [0.15, 0.2) is 11.8 Å². The molecule has 116 valence electrons. The van der Waals surface area contributed by atoms with Crippen molar-refractivity contribution in [2.45, 2.75) is 58.0 Å². The van der Waals surface area contributed by atoms with Crippen LogP contribution in [-0.4, -0.2) is 44.8 Å². The second kappa shape index (κ2) is 6.45. The van der Waals surface area contributed by atoms with Crippen LogP contribution in [0.4, 0.5) is 0 Å². The van der Waals surface area contributed by atoms with E-state index in [4.69, 9.17) is 4.99 Å². The van der Waals surface area contributed by atoms with Crippen molar-refractivity contribution in [3.8, 4) is 0 Å². The van der Waals surface area contributed by atoms with Crippen LogP contribution in [-0.2, 0) is 13.6 Å². The molecule has 0 atom stereocenters. The number of guanidine groups is 1. The van der Waals surface area contributed by atoms with Crippen molar-refractivity contribution in [3.05, 3.63) is 11.6 Å². The number of hydrogen-bond donors (Lipinski definition) is 1. The molecule has 2 fully saturated rings. The Bertz CT molecular complexity index is 494. The smallest absolute Gasteiger partial charge is 0.194 e. The first-order valence-electron chi connectivity index (χ1n) is 8.15. The summed E-state index contributed by atoms with van der Waals surface area (Å²) in [6.45, 7) is 4.81. The quantitative estimate of drug-likeness (QED) is 0.679. The Morgan fingerprint density at radius 2 is 1.90 bits per heavy atom. The highest BCUT2D eigenvalue weighted by Crippen LogP contribution is 2.19. The van der Waals surface area contributed by atoms with Crippen LogP contribution in [0.2, 0.25) is 0 Å². The Morgan fingerprint density at radius 1 is 1.19 bits per heavy atom. The summed E-state index contributed by atoms with van der Waals surface area (Å²) < 4.78 is 2.01. The van der Waals surface area contributed by atoms with Gasteiger partial charge in [-0.2, -0.15) is 0 Å². The van der Waals surface area contributed by atoms with Crippen LogP contribution in [0.3, 0.4) is 0 Å². The lowest BCUT2D eigenvalue weighted by Crippen LogP contribution is -2.44. The lowest BCUT2D eigenvalue weighted by atomic mass is 10.2. The monoisotopic (exact) mass is 290 g/mol. The summed E-state index contributed by atoms with van der Waals surface area (Å²) in [6, 6.07) is 0.602. The largest absolute Gasteiger partial charge is 0.353 e. The Hall–Kier alpha value is -1.59. The van der Waals surface area contributed by atoms with Gasteiger partial charge in [0.25, 0.3) is 0 Å². The molecule has 2 heterocycles. The number of aromatic nitrogens is 3. The number of rotatable bonds is 3. The molecule has 0 bridgehead atoms. The molecule has 6 heteroatoms. The van der Waals surface area contributed by atoms with Gasteiger partial charge in [-0.15, -0.1) is 10.2 Å². The summed E-state index contributed by atoms with van der Waals surface area (Å²) in [5.74, 6) is 2.93. The van der Waals surface area contributed by atoms with E-state index in [1.54, 1.807) is 0 Å². The first kappa shape index (κ1) is 14.4.